The minimum absolute atomic E-state index is 0.0343. The smallest absolute Gasteiger partial charge is 0.266 e. The standard InChI is InChI=1S/C13H11N5O3S/c1-17-11(19)7(12(20)18(2)13(17)22)6-14-8-4-3-5-9-10(8)16-21-15-9/h3-6,19H,1-2H3. The molecule has 1 N–H and O–H groups in total. The van der Waals surface area contributed by atoms with Crippen molar-refractivity contribution in [3.05, 3.63) is 38.9 Å². The van der Waals surface area contributed by atoms with Gasteiger partial charge >= 0.3 is 0 Å². The third-order valence-electron chi connectivity index (χ3n) is 3.26. The first kappa shape index (κ1) is 14.1. The summed E-state index contributed by atoms with van der Waals surface area (Å²) >= 11 is 5.05. The van der Waals surface area contributed by atoms with Crippen LogP contribution in [0, 0.1) is 4.77 Å². The monoisotopic (exact) mass is 317 g/mol. The molecule has 0 amide bonds. The van der Waals surface area contributed by atoms with Crippen LogP contribution >= 0.6 is 12.2 Å². The fourth-order valence-electron chi connectivity index (χ4n) is 2.00. The predicted octanol–water partition coefficient (Wildman–Crippen LogP) is 1.45. The van der Waals surface area contributed by atoms with E-state index >= 15 is 0 Å². The van der Waals surface area contributed by atoms with Gasteiger partial charge in [-0.15, -0.1) is 0 Å². The number of aromatic hydroxyl groups is 1. The Hall–Kier alpha value is -2.81. The molecule has 2 heterocycles. The first-order valence-corrected chi connectivity index (χ1v) is 6.66. The van der Waals surface area contributed by atoms with Crippen LogP contribution in [0.1, 0.15) is 5.56 Å². The minimum Gasteiger partial charge on any atom is -0.494 e. The maximum absolute atomic E-state index is 12.2. The second-order valence-corrected chi connectivity index (χ2v) is 4.98. The first-order chi connectivity index (χ1) is 10.5. The molecule has 0 atom stereocenters. The Labute approximate surface area is 128 Å². The number of aliphatic imine (C=N–C) groups is 1. The normalized spacial score (nSPS) is 11.5. The molecule has 3 rings (SSSR count). The van der Waals surface area contributed by atoms with E-state index in [4.69, 9.17) is 12.2 Å². The molecule has 0 aliphatic heterocycles. The van der Waals surface area contributed by atoms with Crippen molar-refractivity contribution in [1.82, 2.24) is 19.4 Å². The van der Waals surface area contributed by atoms with Crippen LogP contribution in [0.3, 0.4) is 0 Å². The molecule has 0 fully saturated rings. The average Bonchev–Trinajstić information content (AvgIpc) is 3.00. The van der Waals surface area contributed by atoms with Gasteiger partial charge in [-0.2, -0.15) is 0 Å². The summed E-state index contributed by atoms with van der Waals surface area (Å²) < 4.78 is 7.45. The van der Waals surface area contributed by atoms with Gasteiger partial charge in [0.15, 0.2) is 10.3 Å². The van der Waals surface area contributed by atoms with Crippen molar-refractivity contribution in [3.8, 4) is 5.88 Å². The SMILES string of the molecule is Cn1c(O)c(C=Nc2cccc3nonc23)c(=O)n(C)c1=S. The van der Waals surface area contributed by atoms with Crippen LogP contribution in [0.15, 0.2) is 32.6 Å². The topological polar surface area (TPSA) is 98.4 Å². The minimum atomic E-state index is -0.435. The van der Waals surface area contributed by atoms with Crippen molar-refractivity contribution in [1.29, 1.82) is 0 Å². The van der Waals surface area contributed by atoms with E-state index in [0.29, 0.717) is 16.7 Å². The zero-order valence-corrected chi connectivity index (χ0v) is 12.5. The lowest BCUT2D eigenvalue weighted by Crippen LogP contribution is -2.25. The Morgan fingerprint density at radius 2 is 2.09 bits per heavy atom. The molecule has 0 aliphatic rings. The molecule has 0 aliphatic carbocycles. The molecule has 2 aromatic heterocycles. The summed E-state index contributed by atoms with van der Waals surface area (Å²) in [6, 6.07) is 5.17. The number of rotatable bonds is 2. The van der Waals surface area contributed by atoms with Crippen LogP contribution in [0.4, 0.5) is 5.69 Å². The predicted molar refractivity (Wildman–Crippen MR) is 82.2 cm³/mol. The van der Waals surface area contributed by atoms with E-state index in [9.17, 15) is 9.90 Å². The van der Waals surface area contributed by atoms with Crippen LogP contribution in [-0.4, -0.2) is 30.8 Å². The first-order valence-electron chi connectivity index (χ1n) is 6.25. The highest BCUT2D eigenvalue weighted by Gasteiger charge is 2.12. The van der Waals surface area contributed by atoms with Crippen molar-refractivity contribution in [2.75, 3.05) is 0 Å². The zero-order valence-electron chi connectivity index (χ0n) is 11.7. The summed E-state index contributed by atoms with van der Waals surface area (Å²) in [5.74, 6) is -0.248. The molecule has 9 heteroatoms. The molecule has 3 aromatic rings. The van der Waals surface area contributed by atoms with E-state index in [2.05, 4.69) is 19.9 Å². The highest BCUT2D eigenvalue weighted by Crippen LogP contribution is 2.22. The molecule has 0 saturated heterocycles. The highest BCUT2D eigenvalue weighted by molar-refractivity contribution is 7.71. The summed E-state index contributed by atoms with van der Waals surface area (Å²) in [7, 11) is 3.10. The van der Waals surface area contributed by atoms with Crippen molar-refractivity contribution in [2.45, 2.75) is 0 Å². The summed E-state index contributed by atoms with van der Waals surface area (Å²) in [5, 5.41) is 17.6. The number of nitrogens with zero attached hydrogens (tertiary/aromatic N) is 5. The lowest BCUT2D eigenvalue weighted by Gasteiger charge is -2.08. The molecule has 1 aromatic carbocycles. The van der Waals surface area contributed by atoms with Crippen molar-refractivity contribution in [3.63, 3.8) is 0 Å². The summed E-state index contributed by atoms with van der Waals surface area (Å²) in [4.78, 5) is 16.4. The fourth-order valence-corrected chi connectivity index (χ4v) is 2.17. The maximum atomic E-state index is 12.2. The van der Waals surface area contributed by atoms with Crippen LogP contribution in [0.2, 0.25) is 0 Å². The third-order valence-corrected chi connectivity index (χ3v) is 3.81. The van der Waals surface area contributed by atoms with Gasteiger partial charge in [-0.05, 0) is 34.7 Å². The lowest BCUT2D eigenvalue weighted by molar-refractivity contribution is 0.315. The van der Waals surface area contributed by atoms with Gasteiger partial charge in [-0.3, -0.25) is 18.9 Å². The van der Waals surface area contributed by atoms with E-state index in [1.807, 2.05) is 0 Å². The van der Waals surface area contributed by atoms with Gasteiger partial charge in [0, 0.05) is 20.3 Å². The second kappa shape index (κ2) is 5.19. The van der Waals surface area contributed by atoms with Gasteiger partial charge in [-0.25, -0.2) is 4.63 Å². The largest absolute Gasteiger partial charge is 0.494 e. The summed E-state index contributed by atoms with van der Waals surface area (Å²) in [5.41, 5.74) is 1.10. The van der Waals surface area contributed by atoms with Gasteiger partial charge in [-0.1, -0.05) is 6.07 Å². The fraction of sp³-hybridized carbons (Fsp3) is 0.154. The van der Waals surface area contributed by atoms with Crippen molar-refractivity contribution in [2.24, 2.45) is 19.1 Å². The molecule has 0 spiro atoms. The van der Waals surface area contributed by atoms with Crippen LogP contribution in [-0.2, 0) is 14.1 Å². The number of fused-ring (bicyclic) bond motifs is 1. The third kappa shape index (κ3) is 2.11. The van der Waals surface area contributed by atoms with Gasteiger partial charge in [0.2, 0.25) is 5.88 Å². The molecule has 0 bridgehead atoms. The van der Waals surface area contributed by atoms with Crippen molar-refractivity contribution >= 4 is 35.2 Å². The second-order valence-electron chi connectivity index (χ2n) is 4.61. The number of hydrogen-bond donors (Lipinski definition) is 1. The summed E-state index contributed by atoms with van der Waals surface area (Å²) in [6.07, 6.45) is 1.27. The quantitative estimate of drug-likeness (QED) is 0.567. The lowest BCUT2D eigenvalue weighted by atomic mass is 10.2. The molecule has 0 radical (unpaired) electrons. The van der Waals surface area contributed by atoms with E-state index in [-0.39, 0.29) is 16.2 Å². The maximum Gasteiger partial charge on any atom is 0.266 e. The highest BCUT2D eigenvalue weighted by atomic mass is 32.1. The van der Waals surface area contributed by atoms with Crippen LogP contribution < -0.4 is 5.56 Å². The zero-order chi connectivity index (χ0) is 15.9. The van der Waals surface area contributed by atoms with E-state index in [0.717, 1.165) is 0 Å². The average molecular weight is 317 g/mol. The Balaban J connectivity index is 2.17. The number of hydrogen-bond acceptors (Lipinski definition) is 7. The van der Waals surface area contributed by atoms with E-state index < -0.39 is 5.56 Å². The molecule has 112 valence electrons. The molecule has 8 nitrogen and oxygen atoms in total. The Bertz CT molecular complexity index is 1010. The van der Waals surface area contributed by atoms with Crippen LogP contribution in [0.25, 0.3) is 11.0 Å². The molecular formula is C13H11N5O3S. The van der Waals surface area contributed by atoms with E-state index in [1.165, 1.54) is 22.4 Å². The van der Waals surface area contributed by atoms with Gasteiger partial charge < -0.3 is 5.11 Å². The van der Waals surface area contributed by atoms with Gasteiger partial charge in [0.25, 0.3) is 5.56 Å². The molecule has 0 unspecified atom stereocenters. The van der Waals surface area contributed by atoms with Crippen molar-refractivity contribution < 1.29 is 9.74 Å². The molecular weight excluding hydrogens is 306 g/mol. The van der Waals surface area contributed by atoms with Crippen LogP contribution in [0.5, 0.6) is 5.88 Å². The van der Waals surface area contributed by atoms with Gasteiger partial charge in [0.1, 0.15) is 11.1 Å². The molecule has 22 heavy (non-hydrogen) atoms. The Kier molecular flexibility index (Phi) is 3.33. The Morgan fingerprint density at radius 1 is 1.32 bits per heavy atom. The molecule has 0 saturated carbocycles. The van der Waals surface area contributed by atoms with E-state index in [1.54, 1.807) is 25.2 Å². The van der Waals surface area contributed by atoms with Gasteiger partial charge in [0.05, 0.1) is 5.69 Å². The Morgan fingerprint density at radius 3 is 2.86 bits per heavy atom. The summed E-state index contributed by atoms with van der Waals surface area (Å²) in [6.45, 7) is 0. The number of benzene rings is 1. The number of aromatic nitrogens is 4.